The number of aryl methyl sites for hydroxylation is 1. The fourth-order valence-electron chi connectivity index (χ4n) is 4.61. The van der Waals surface area contributed by atoms with E-state index in [1.807, 2.05) is 42.2 Å². The Hall–Kier alpha value is -3.13. The number of piperidine rings is 1. The molecule has 1 saturated heterocycles. The van der Waals surface area contributed by atoms with E-state index in [4.69, 9.17) is 4.98 Å². The molecule has 33 heavy (non-hydrogen) atoms. The third-order valence-corrected chi connectivity index (χ3v) is 7.36. The van der Waals surface area contributed by atoms with Gasteiger partial charge in [-0.2, -0.15) is 5.10 Å². The summed E-state index contributed by atoms with van der Waals surface area (Å²) in [5.74, 6) is 0.145. The molecular formula is C25H30N6OS. The fourth-order valence-corrected chi connectivity index (χ4v) is 5.49. The van der Waals surface area contributed by atoms with Crippen LogP contribution in [0.4, 0.5) is 5.13 Å². The molecule has 1 atom stereocenters. The number of carbonyl (C=O) groups excluding carboxylic acids is 1. The van der Waals surface area contributed by atoms with Gasteiger partial charge in [0.05, 0.1) is 18.4 Å². The summed E-state index contributed by atoms with van der Waals surface area (Å²) in [7, 11) is 0. The van der Waals surface area contributed by atoms with Crippen molar-refractivity contribution < 1.29 is 4.79 Å². The third-order valence-electron chi connectivity index (χ3n) is 6.41. The van der Waals surface area contributed by atoms with E-state index in [0.717, 1.165) is 47.2 Å². The first kappa shape index (κ1) is 21.7. The molecule has 0 spiro atoms. The molecule has 1 fully saturated rings. The van der Waals surface area contributed by atoms with Gasteiger partial charge in [-0.25, -0.2) is 4.98 Å². The van der Waals surface area contributed by atoms with Crippen LogP contribution in [0.2, 0.25) is 0 Å². The maximum atomic E-state index is 13.2. The Balaban J connectivity index is 1.30. The van der Waals surface area contributed by atoms with E-state index in [9.17, 15) is 4.79 Å². The summed E-state index contributed by atoms with van der Waals surface area (Å²) in [6.07, 6.45) is 14.5. The number of anilines is 1. The van der Waals surface area contributed by atoms with Gasteiger partial charge in [-0.3, -0.25) is 9.89 Å². The molecule has 0 aromatic carbocycles. The highest BCUT2D eigenvalue weighted by Crippen LogP contribution is 2.30. The minimum atomic E-state index is -0.0761. The van der Waals surface area contributed by atoms with Gasteiger partial charge in [-0.15, -0.1) is 11.3 Å². The number of aromatic amines is 1. The minimum absolute atomic E-state index is 0.0761. The van der Waals surface area contributed by atoms with Gasteiger partial charge in [0.25, 0.3) is 5.91 Å². The van der Waals surface area contributed by atoms with Crippen LogP contribution in [0.5, 0.6) is 0 Å². The van der Waals surface area contributed by atoms with Crippen molar-refractivity contribution in [3.8, 4) is 0 Å². The number of rotatable bonds is 6. The summed E-state index contributed by atoms with van der Waals surface area (Å²) in [5.41, 5.74) is 6.00. The summed E-state index contributed by atoms with van der Waals surface area (Å²) < 4.78 is 2.01. The van der Waals surface area contributed by atoms with Crippen molar-refractivity contribution in [3.05, 3.63) is 70.4 Å². The molecule has 7 nitrogen and oxygen atoms in total. The van der Waals surface area contributed by atoms with E-state index in [0.29, 0.717) is 12.2 Å². The highest BCUT2D eigenvalue weighted by Gasteiger charge is 2.21. The largest absolute Gasteiger partial charge is 0.348 e. The van der Waals surface area contributed by atoms with Crippen LogP contribution in [0, 0.1) is 12.8 Å². The molecule has 0 radical (unpaired) electrons. The van der Waals surface area contributed by atoms with Crippen LogP contribution in [0.25, 0.3) is 5.57 Å². The van der Waals surface area contributed by atoms with E-state index in [-0.39, 0.29) is 11.8 Å². The van der Waals surface area contributed by atoms with Gasteiger partial charge in [0, 0.05) is 48.0 Å². The lowest BCUT2D eigenvalue weighted by Crippen LogP contribution is -2.29. The molecule has 4 heterocycles. The van der Waals surface area contributed by atoms with Gasteiger partial charge in [0.15, 0.2) is 5.13 Å². The monoisotopic (exact) mass is 462 g/mol. The lowest BCUT2D eigenvalue weighted by Gasteiger charge is -2.25. The number of allylic oxidation sites excluding steroid dienone is 4. The first-order chi connectivity index (χ1) is 16.1. The molecule has 0 bridgehead atoms. The van der Waals surface area contributed by atoms with Crippen LogP contribution in [0.3, 0.4) is 0 Å². The quantitative estimate of drug-likeness (QED) is 0.554. The Kier molecular flexibility index (Phi) is 6.17. The Morgan fingerprint density at radius 1 is 1.27 bits per heavy atom. The fraction of sp³-hybridized carbons (Fsp3) is 0.400. The van der Waals surface area contributed by atoms with E-state index in [1.165, 1.54) is 24.8 Å². The molecule has 5 rings (SSSR count). The van der Waals surface area contributed by atoms with Crippen molar-refractivity contribution in [2.45, 2.75) is 46.1 Å². The van der Waals surface area contributed by atoms with Crippen molar-refractivity contribution in [1.82, 2.24) is 25.1 Å². The normalized spacial score (nSPS) is 18.7. The van der Waals surface area contributed by atoms with Crippen molar-refractivity contribution in [1.29, 1.82) is 0 Å². The molecule has 2 aliphatic rings. The van der Waals surface area contributed by atoms with Gasteiger partial charge in [-0.1, -0.05) is 13.0 Å². The predicted molar refractivity (Wildman–Crippen MR) is 132 cm³/mol. The van der Waals surface area contributed by atoms with E-state index in [2.05, 4.69) is 38.8 Å². The maximum Gasteiger partial charge on any atom is 0.272 e. The number of H-pyrrole nitrogens is 1. The molecule has 1 aliphatic carbocycles. The molecule has 2 N–H and O–H groups in total. The van der Waals surface area contributed by atoms with E-state index in [1.54, 1.807) is 11.3 Å². The predicted octanol–water partition coefficient (Wildman–Crippen LogP) is 4.75. The van der Waals surface area contributed by atoms with E-state index < -0.39 is 0 Å². The third kappa shape index (κ3) is 4.80. The lowest BCUT2D eigenvalue weighted by molar-refractivity contribution is 0.0953. The molecule has 3 aromatic rings. The SMILES string of the molecule is Cc1cc(C(=O)NC2=CC=C(c3cn[nH]c3)CC2C)n(Cc2csc(N3CCCCC3)n2)c1. The summed E-state index contributed by atoms with van der Waals surface area (Å²) >= 11 is 1.70. The number of carbonyl (C=O) groups is 1. The van der Waals surface area contributed by atoms with Crippen LogP contribution in [0.1, 0.15) is 59.9 Å². The standard InChI is InChI=1S/C25H30N6OS/c1-17-10-23(24(32)29-22-7-6-19(11-18(22)2)20-12-26-27-13-20)31(14-17)15-21-16-33-25(28-21)30-8-4-3-5-9-30/h6-7,10,12-14,16,18H,3-5,8-9,11,15H2,1-2H3,(H,26,27)(H,29,32). The Bertz CT molecular complexity index is 1180. The smallest absolute Gasteiger partial charge is 0.272 e. The second-order valence-electron chi connectivity index (χ2n) is 9.06. The van der Waals surface area contributed by atoms with E-state index >= 15 is 0 Å². The number of thiazole rings is 1. The molecule has 1 aliphatic heterocycles. The zero-order chi connectivity index (χ0) is 22.8. The molecule has 3 aromatic heterocycles. The maximum absolute atomic E-state index is 13.2. The summed E-state index contributed by atoms with van der Waals surface area (Å²) in [6.45, 7) is 6.94. The second-order valence-corrected chi connectivity index (χ2v) is 9.90. The van der Waals surface area contributed by atoms with Crippen molar-refractivity contribution in [2.24, 2.45) is 5.92 Å². The number of hydrogen-bond donors (Lipinski definition) is 2. The van der Waals surface area contributed by atoms with Crippen LogP contribution >= 0.6 is 11.3 Å². The lowest BCUT2D eigenvalue weighted by atomic mass is 9.90. The number of nitrogens with zero attached hydrogens (tertiary/aromatic N) is 4. The van der Waals surface area contributed by atoms with Crippen molar-refractivity contribution in [3.63, 3.8) is 0 Å². The number of amides is 1. The van der Waals surface area contributed by atoms with Crippen molar-refractivity contribution in [2.75, 3.05) is 18.0 Å². The second kappa shape index (κ2) is 9.39. The minimum Gasteiger partial charge on any atom is -0.348 e. The van der Waals surface area contributed by atoms with Crippen LogP contribution in [0.15, 0.2) is 47.9 Å². The molecular weight excluding hydrogens is 432 g/mol. The Morgan fingerprint density at radius 3 is 2.88 bits per heavy atom. The number of hydrogen-bond acceptors (Lipinski definition) is 5. The van der Waals surface area contributed by atoms with Gasteiger partial charge in [0.2, 0.25) is 0 Å². The highest BCUT2D eigenvalue weighted by atomic mass is 32.1. The topological polar surface area (TPSA) is 78.8 Å². The Labute approximate surface area is 198 Å². The number of aromatic nitrogens is 4. The number of nitrogens with one attached hydrogen (secondary N) is 2. The van der Waals surface area contributed by atoms with Gasteiger partial charge in [0.1, 0.15) is 5.69 Å². The summed E-state index contributed by atoms with van der Waals surface area (Å²) in [4.78, 5) is 20.5. The van der Waals surface area contributed by atoms with Crippen LogP contribution in [-0.2, 0) is 6.54 Å². The average Bonchev–Trinajstić information content (AvgIpc) is 3.57. The zero-order valence-electron chi connectivity index (χ0n) is 19.2. The van der Waals surface area contributed by atoms with Crippen LogP contribution < -0.4 is 10.2 Å². The average molecular weight is 463 g/mol. The molecule has 1 amide bonds. The molecule has 172 valence electrons. The highest BCUT2D eigenvalue weighted by molar-refractivity contribution is 7.13. The van der Waals surface area contributed by atoms with Gasteiger partial charge >= 0.3 is 0 Å². The zero-order valence-corrected chi connectivity index (χ0v) is 20.0. The Morgan fingerprint density at radius 2 is 2.12 bits per heavy atom. The summed E-state index contributed by atoms with van der Waals surface area (Å²) in [5, 5.41) is 13.3. The molecule has 8 heteroatoms. The first-order valence-corrected chi connectivity index (χ1v) is 12.5. The van der Waals surface area contributed by atoms with Gasteiger partial charge < -0.3 is 14.8 Å². The molecule has 1 unspecified atom stereocenters. The summed E-state index contributed by atoms with van der Waals surface area (Å²) in [6, 6.07) is 1.95. The first-order valence-electron chi connectivity index (χ1n) is 11.6. The van der Waals surface area contributed by atoms with Gasteiger partial charge in [-0.05, 0) is 55.9 Å². The van der Waals surface area contributed by atoms with Crippen molar-refractivity contribution >= 4 is 27.9 Å². The van der Waals surface area contributed by atoms with Crippen LogP contribution in [-0.4, -0.2) is 38.7 Å². The molecule has 0 saturated carbocycles.